The number of aryl methyl sites for hydroxylation is 3. The summed E-state index contributed by atoms with van der Waals surface area (Å²) >= 11 is 0. The van der Waals surface area contributed by atoms with E-state index in [0.29, 0.717) is 5.92 Å². The van der Waals surface area contributed by atoms with Gasteiger partial charge >= 0.3 is 0 Å². The second kappa shape index (κ2) is 15.7. The van der Waals surface area contributed by atoms with Crippen LogP contribution in [0.25, 0.3) is 0 Å². The minimum Gasteiger partial charge on any atom is -0.354 e. The van der Waals surface area contributed by atoms with Gasteiger partial charge in [-0.3, -0.25) is 0 Å². The van der Waals surface area contributed by atoms with Crippen molar-refractivity contribution >= 4 is 5.69 Å². The average molecular weight is 503 g/mol. The molecule has 0 bridgehead atoms. The van der Waals surface area contributed by atoms with Crippen molar-refractivity contribution in [2.24, 2.45) is 5.92 Å². The van der Waals surface area contributed by atoms with Crippen LogP contribution in [0.2, 0.25) is 0 Å². The maximum Gasteiger partial charge on any atom is 0.101 e. The van der Waals surface area contributed by atoms with Crippen LogP contribution in [0, 0.1) is 12.8 Å². The van der Waals surface area contributed by atoms with Crippen LogP contribution in [0.5, 0.6) is 0 Å². The van der Waals surface area contributed by atoms with E-state index in [-0.39, 0.29) is 0 Å². The van der Waals surface area contributed by atoms with E-state index >= 15 is 0 Å². The highest BCUT2D eigenvalue weighted by Gasteiger charge is 2.28. The fraction of sp³-hybridized carbons (Fsp3) is 0.543. The Kier molecular flexibility index (Phi) is 13.0. The molecule has 0 amide bonds. The third kappa shape index (κ3) is 8.80. The van der Waals surface area contributed by atoms with Crippen molar-refractivity contribution in [1.29, 1.82) is 0 Å². The number of anilines is 1. The Balaban J connectivity index is 0.00000235. The van der Waals surface area contributed by atoms with Gasteiger partial charge in [0.25, 0.3) is 0 Å². The van der Waals surface area contributed by atoms with Gasteiger partial charge in [0.2, 0.25) is 0 Å². The normalized spacial score (nSPS) is 15.4. The monoisotopic (exact) mass is 502 g/mol. The van der Waals surface area contributed by atoms with Crippen LogP contribution in [0.4, 0.5) is 5.69 Å². The summed E-state index contributed by atoms with van der Waals surface area (Å²) in [5, 5.41) is 0. The largest absolute Gasteiger partial charge is 0.354 e. The first-order chi connectivity index (χ1) is 17.9. The first kappa shape index (κ1) is 30.7. The summed E-state index contributed by atoms with van der Waals surface area (Å²) < 4.78 is 0. The molecule has 1 aliphatic heterocycles. The summed E-state index contributed by atoms with van der Waals surface area (Å²) in [7, 11) is 0. The molecule has 37 heavy (non-hydrogen) atoms. The number of allylic oxidation sites excluding steroid dienone is 1. The van der Waals surface area contributed by atoms with Gasteiger partial charge in [0.15, 0.2) is 0 Å². The summed E-state index contributed by atoms with van der Waals surface area (Å²) in [6.07, 6.45) is 9.68. The molecule has 0 spiro atoms. The second-order valence-electron chi connectivity index (χ2n) is 10.7. The molecule has 2 heteroatoms. The van der Waals surface area contributed by atoms with Crippen molar-refractivity contribution in [2.75, 3.05) is 18.0 Å². The van der Waals surface area contributed by atoms with Crippen molar-refractivity contribution in [2.45, 2.75) is 106 Å². The van der Waals surface area contributed by atoms with Gasteiger partial charge in [0, 0.05) is 25.3 Å². The Morgan fingerprint density at radius 2 is 1.65 bits per heavy atom. The molecule has 0 saturated carbocycles. The maximum atomic E-state index is 4.60. The summed E-state index contributed by atoms with van der Waals surface area (Å²) in [6.45, 7) is 27.0. The summed E-state index contributed by atoms with van der Waals surface area (Å²) in [6, 6.07) is 14.1. The van der Waals surface area contributed by atoms with Gasteiger partial charge in [-0.1, -0.05) is 96.9 Å². The Hall–Kier alpha value is -2.48. The van der Waals surface area contributed by atoms with Crippen LogP contribution < -0.4 is 4.90 Å². The van der Waals surface area contributed by atoms with Crippen molar-refractivity contribution in [3.8, 4) is 0 Å². The zero-order chi connectivity index (χ0) is 27.4. The third-order valence-corrected chi connectivity index (χ3v) is 7.63. The molecule has 204 valence electrons. The lowest BCUT2D eigenvalue weighted by Gasteiger charge is -2.44. The smallest absolute Gasteiger partial charge is 0.101 e. The fourth-order valence-corrected chi connectivity index (χ4v) is 5.38. The zero-order valence-electron chi connectivity index (χ0n) is 25.1. The van der Waals surface area contributed by atoms with Gasteiger partial charge in [-0.25, -0.2) is 0 Å². The number of hydrogen-bond acceptors (Lipinski definition) is 2. The average Bonchev–Trinajstić information content (AvgIpc) is 2.90. The number of nitrogens with zero attached hydrogens (tertiary/aromatic N) is 2. The minimum absolute atomic E-state index is 0.641. The van der Waals surface area contributed by atoms with E-state index in [0.717, 1.165) is 38.3 Å². The fourth-order valence-electron chi connectivity index (χ4n) is 5.38. The van der Waals surface area contributed by atoms with E-state index in [9.17, 15) is 0 Å². The highest BCUT2D eigenvalue weighted by atomic mass is 15.4. The van der Waals surface area contributed by atoms with Crippen molar-refractivity contribution in [3.63, 3.8) is 0 Å². The van der Waals surface area contributed by atoms with Crippen LogP contribution in [-0.4, -0.2) is 18.0 Å². The minimum atomic E-state index is 0.641. The Labute approximate surface area is 229 Å². The first-order valence-corrected chi connectivity index (χ1v) is 14.9. The standard InChI is InChI=1S/C33H48N2.C2H6/c1-8-11-12-13-14-31-21-33(18-17-30(31)10-3)35-23-28(9-2)22-34(27(35)7)24-32-16-15-29(19-25(4)5)20-26(32)6;1-2/h15-18,20-21,28H,4,7-14,19,22-24H2,1-3,5-6H3;1-2H3. The molecular formula is C35H54N2. The predicted octanol–water partition coefficient (Wildman–Crippen LogP) is 9.64. The van der Waals surface area contributed by atoms with Crippen molar-refractivity contribution < 1.29 is 0 Å². The number of rotatable bonds is 12. The van der Waals surface area contributed by atoms with Crippen molar-refractivity contribution in [1.82, 2.24) is 4.90 Å². The van der Waals surface area contributed by atoms with Crippen molar-refractivity contribution in [3.05, 3.63) is 88.8 Å². The van der Waals surface area contributed by atoms with Gasteiger partial charge in [0.05, 0.1) is 0 Å². The lowest BCUT2D eigenvalue weighted by Crippen LogP contribution is -2.47. The van der Waals surface area contributed by atoms with Gasteiger partial charge in [-0.2, -0.15) is 0 Å². The molecular weight excluding hydrogens is 448 g/mol. The second-order valence-corrected chi connectivity index (χ2v) is 10.7. The first-order valence-electron chi connectivity index (χ1n) is 14.9. The predicted molar refractivity (Wildman–Crippen MR) is 165 cm³/mol. The van der Waals surface area contributed by atoms with Gasteiger partial charge in [-0.05, 0) is 91.8 Å². The summed E-state index contributed by atoms with van der Waals surface area (Å²) in [5.74, 6) is 1.78. The molecule has 0 radical (unpaired) electrons. The third-order valence-electron chi connectivity index (χ3n) is 7.63. The van der Waals surface area contributed by atoms with E-state index in [1.807, 2.05) is 13.8 Å². The van der Waals surface area contributed by atoms with E-state index < -0.39 is 0 Å². The lowest BCUT2D eigenvalue weighted by molar-refractivity contribution is 0.233. The highest BCUT2D eigenvalue weighted by Crippen LogP contribution is 2.32. The molecule has 1 aliphatic rings. The molecule has 2 aromatic rings. The van der Waals surface area contributed by atoms with E-state index in [1.165, 1.54) is 77.6 Å². The number of benzene rings is 2. The summed E-state index contributed by atoms with van der Waals surface area (Å²) in [5.41, 5.74) is 9.67. The Morgan fingerprint density at radius 1 is 0.919 bits per heavy atom. The molecule has 1 unspecified atom stereocenters. The van der Waals surface area contributed by atoms with Crippen LogP contribution in [-0.2, 0) is 25.8 Å². The highest BCUT2D eigenvalue weighted by molar-refractivity contribution is 5.56. The molecule has 1 heterocycles. The summed E-state index contributed by atoms with van der Waals surface area (Å²) in [4.78, 5) is 4.99. The SMILES string of the molecule is C=C(C)Cc1ccc(CN2CC(CC)CN(c3ccc(CC)c(CCCCCC)c3)C2=C)c(C)c1.CC. The van der Waals surface area contributed by atoms with E-state index in [1.54, 1.807) is 0 Å². The Morgan fingerprint density at radius 3 is 2.27 bits per heavy atom. The molecule has 0 aliphatic carbocycles. The molecule has 0 N–H and O–H groups in total. The zero-order valence-corrected chi connectivity index (χ0v) is 25.1. The van der Waals surface area contributed by atoms with Gasteiger partial charge in [-0.15, -0.1) is 0 Å². The molecule has 1 atom stereocenters. The van der Waals surface area contributed by atoms with E-state index in [4.69, 9.17) is 0 Å². The molecule has 1 fully saturated rings. The van der Waals surface area contributed by atoms with Crippen LogP contribution in [0.15, 0.2) is 61.0 Å². The van der Waals surface area contributed by atoms with Gasteiger partial charge in [0.1, 0.15) is 5.82 Å². The van der Waals surface area contributed by atoms with Crippen LogP contribution in [0.3, 0.4) is 0 Å². The molecule has 2 nitrogen and oxygen atoms in total. The number of unbranched alkanes of at least 4 members (excludes halogenated alkanes) is 3. The van der Waals surface area contributed by atoms with Gasteiger partial charge < -0.3 is 9.80 Å². The molecule has 0 aromatic heterocycles. The molecule has 1 saturated heterocycles. The maximum absolute atomic E-state index is 4.60. The topological polar surface area (TPSA) is 6.48 Å². The number of hydrogen-bond donors (Lipinski definition) is 0. The molecule has 2 aromatic carbocycles. The Bertz CT molecular complexity index is 1000. The molecule has 3 rings (SSSR count). The van der Waals surface area contributed by atoms with E-state index in [2.05, 4.69) is 94.0 Å². The van der Waals surface area contributed by atoms with Crippen LogP contribution in [0.1, 0.15) is 101 Å². The lowest BCUT2D eigenvalue weighted by atomic mass is 9.96. The quantitative estimate of drug-likeness (QED) is 0.210. The van der Waals surface area contributed by atoms with Crippen LogP contribution >= 0.6 is 0 Å².